The fourth-order valence-corrected chi connectivity index (χ4v) is 2.67. The van der Waals surface area contributed by atoms with E-state index in [1.165, 1.54) is 6.08 Å². The van der Waals surface area contributed by atoms with Gasteiger partial charge in [-0.3, -0.25) is 4.79 Å². The summed E-state index contributed by atoms with van der Waals surface area (Å²) in [6.45, 7) is 3.72. The lowest BCUT2D eigenvalue weighted by atomic mass is 10.2. The van der Waals surface area contributed by atoms with E-state index in [0.29, 0.717) is 26.2 Å². The second-order valence-electron chi connectivity index (χ2n) is 4.35. The summed E-state index contributed by atoms with van der Waals surface area (Å²) in [4.78, 5) is 26.7. The van der Waals surface area contributed by atoms with E-state index in [1.54, 1.807) is 29.2 Å². The van der Waals surface area contributed by atoms with Crippen LogP contribution >= 0.6 is 11.3 Å². The van der Waals surface area contributed by atoms with Crippen LogP contribution in [0, 0.1) is 0 Å². The van der Waals surface area contributed by atoms with Crippen molar-refractivity contribution in [1.29, 1.82) is 0 Å². The summed E-state index contributed by atoms with van der Waals surface area (Å²) in [7, 11) is 0. The van der Waals surface area contributed by atoms with Crippen LogP contribution in [0.4, 0.5) is 0 Å². The molecule has 1 unspecified atom stereocenters. The quantitative estimate of drug-likeness (QED) is 0.668. The molecular weight excluding hydrogens is 276 g/mol. The zero-order valence-electron chi connectivity index (χ0n) is 11.4. The summed E-state index contributed by atoms with van der Waals surface area (Å²) in [5.41, 5.74) is 0. The van der Waals surface area contributed by atoms with Crippen LogP contribution in [-0.4, -0.2) is 49.1 Å². The number of ether oxygens (including phenoxy) is 1. The summed E-state index contributed by atoms with van der Waals surface area (Å²) < 4.78 is 5.02. The molecule has 0 saturated carbocycles. The van der Waals surface area contributed by atoms with E-state index in [-0.39, 0.29) is 11.9 Å². The van der Waals surface area contributed by atoms with Crippen LogP contribution in [0.1, 0.15) is 11.8 Å². The van der Waals surface area contributed by atoms with Crippen molar-refractivity contribution >= 4 is 29.3 Å². The molecule has 0 bridgehead atoms. The SMILES string of the molecule is CCOC(=O)C1CNCCN1C(=O)C=Cc1cccs1. The van der Waals surface area contributed by atoms with Crippen LogP contribution in [0.5, 0.6) is 0 Å². The van der Waals surface area contributed by atoms with Gasteiger partial charge in [0.1, 0.15) is 6.04 Å². The Bertz CT molecular complexity index is 485. The van der Waals surface area contributed by atoms with Gasteiger partial charge in [0.05, 0.1) is 6.61 Å². The molecule has 1 atom stereocenters. The number of hydrogen-bond acceptors (Lipinski definition) is 5. The highest BCUT2D eigenvalue weighted by molar-refractivity contribution is 7.10. The number of nitrogens with one attached hydrogen (secondary N) is 1. The summed E-state index contributed by atoms with van der Waals surface area (Å²) in [6, 6.07) is 3.33. The van der Waals surface area contributed by atoms with Crippen LogP contribution in [0.15, 0.2) is 23.6 Å². The second-order valence-corrected chi connectivity index (χ2v) is 5.33. The van der Waals surface area contributed by atoms with Crippen LogP contribution in [0.2, 0.25) is 0 Å². The van der Waals surface area contributed by atoms with Gasteiger partial charge in [-0.25, -0.2) is 4.79 Å². The first-order chi connectivity index (χ1) is 9.72. The molecule has 1 N–H and O–H groups in total. The molecule has 1 aliphatic rings. The van der Waals surface area contributed by atoms with Crippen LogP contribution in [0.3, 0.4) is 0 Å². The standard InChI is InChI=1S/C14H18N2O3S/c1-2-19-14(18)12-10-15-7-8-16(12)13(17)6-5-11-4-3-9-20-11/h3-6,9,12,15H,2,7-8,10H2,1H3. The molecule has 108 valence electrons. The third-order valence-electron chi connectivity index (χ3n) is 3.02. The topological polar surface area (TPSA) is 58.6 Å². The van der Waals surface area contributed by atoms with Crippen LogP contribution < -0.4 is 5.32 Å². The highest BCUT2D eigenvalue weighted by Crippen LogP contribution is 2.12. The Labute approximate surface area is 122 Å². The van der Waals surface area contributed by atoms with Gasteiger partial charge in [-0.1, -0.05) is 6.07 Å². The van der Waals surface area contributed by atoms with Crippen molar-refractivity contribution in [2.24, 2.45) is 0 Å². The van der Waals surface area contributed by atoms with Gasteiger partial charge in [-0.2, -0.15) is 0 Å². The van der Waals surface area contributed by atoms with E-state index >= 15 is 0 Å². The smallest absolute Gasteiger partial charge is 0.330 e. The van der Waals surface area contributed by atoms with Crippen molar-refractivity contribution < 1.29 is 14.3 Å². The first-order valence-corrected chi connectivity index (χ1v) is 7.50. The summed E-state index contributed by atoms with van der Waals surface area (Å²) in [5, 5.41) is 5.07. The van der Waals surface area contributed by atoms with Crippen molar-refractivity contribution in [3.63, 3.8) is 0 Å². The molecule has 0 radical (unpaired) electrons. The molecule has 2 heterocycles. The first kappa shape index (κ1) is 14.7. The molecule has 1 aromatic heterocycles. The molecule has 1 aromatic rings. The molecule has 0 aromatic carbocycles. The molecule has 5 nitrogen and oxygen atoms in total. The zero-order chi connectivity index (χ0) is 14.4. The van der Waals surface area contributed by atoms with Crippen molar-refractivity contribution in [1.82, 2.24) is 10.2 Å². The Morgan fingerprint density at radius 2 is 2.45 bits per heavy atom. The van der Waals surface area contributed by atoms with Gasteiger partial charge in [0.15, 0.2) is 0 Å². The largest absolute Gasteiger partial charge is 0.464 e. The monoisotopic (exact) mass is 294 g/mol. The number of rotatable bonds is 4. The van der Waals surface area contributed by atoms with E-state index in [1.807, 2.05) is 17.5 Å². The van der Waals surface area contributed by atoms with Gasteiger partial charge < -0.3 is 15.0 Å². The van der Waals surface area contributed by atoms with Gasteiger partial charge in [-0.05, 0) is 24.4 Å². The Morgan fingerprint density at radius 3 is 3.15 bits per heavy atom. The van der Waals surface area contributed by atoms with E-state index in [4.69, 9.17) is 4.74 Å². The number of nitrogens with zero attached hydrogens (tertiary/aromatic N) is 1. The Hall–Kier alpha value is -1.66. The number of carbonyl (C=O) groups is 2. The fraction of sp³-hybridized carbons (Fsp3) is 0.429. The van der Waals surface area contributed by atoms with Crippen LogP contribution in [-0.2, 0) is 14.3 Å². The van der Waals surface area contributed by atoms with Crippen molar-refractivity contribution in [2.45, 2.75) is 13.0 Å². The van der Waals surface area contributed by atoms with Crippen molar-refractivity contribution in [3.8, 4) is 0 Å². The molecule has 2 rings (SSSR count). The van der Waals surface area contributed by atoms with Gasteiger partial charge in [0.2, 0.25) is 5.91 Å². The minimum atomic E-state index is -0.538. The number of carbonyl (C=O) groups excluding carboxylic acids is 2. The third-order valence-corrected chi connectivity index (χ3v) is 3.86. The normalized spacial score (nSPS) is 19.2. The van der Waals surface area contributed by atoms with Crippen molar-refractivity contribution in [3.05, 3.63) is 28.5 Å². The Kier molecular flexibility index (Phi) is 5.31. The average Bonchev–Trinajstić information content (AvgIpc) is 2.98. The van der Waals surface area contributed by atoms with Crippen molar-refractivity contribution in [2.75, 3.05) is 26.2 Å². The molecule has 6 heteroatoms. The molecule has 20 heavy (non-hydrogen) atoms. The molecule has 1 amide bonds. The molecule has 0 spiro atoms. The minimum Gasteiger partial charge on any atom is -0.464 e. The lowest BCUT2D eigenvalue weighted by molar-refractivity contribution is -0.154. The predicted octanol–water partition coefficient (Wildman–Crippen LogP) is 1.12. The van der Waals surface area contributed by atoms with E-state index in [2.05, 4.69) is 5.32 Å². The maximum atomic E-state index is 12.2. The fourth-order valence-electron chi connectivity index (χ4n) is 2.05. The van der Waals surface area contributed by atoms with E-state index < -0.39 is 6.04 Å². The number of thiophene rings is 1. The van der Waals surface area contributed by atoms with Gasteiger partial charge in [-0.15, -0.1) is 11.3 Å². The average molecular weight is 294 g/mol. The number of hydrogen-bond donors (Lipinski definition) is 1. The van der Waals surface area contributed by atoms with Gasteiger partial charge >= 0.3 is 5.97 Å². The molecule has 0 aliphatic carbocycles. The van der Waals surface area contributed by atoms with Crippen LogP contribution in [0.25, 0.3) is 6.08 Å². The molecular formula is C14H18N2O3S. The maximum absolute atomic E-state index is 12.2. The molecule has 1 fully saturated rings. The minimum absolute atomic E-state index is 0.155. The summed E-state index contributed by atoms with van der Waals surface area (Å²) in [5.74, 6) is -0.504. The number of amides is 1. The van der Waals surface area contributed by atoms with Gasteiger partial charge in [0, 0.05) is 30.6 Å². The molecule has 1 aliphatic heterocycles. The molecule has 1 saturated heterocycles. The number of esters is 1. The Morgan fingerprint density at radius 1 is 1.60 bits per heavy atom. The Balaban J connectivity index is 2.03. The highest BCUT2D eigenvalue weighted by atomic mass is 32.1. The maximum Gasteiger partial charge on any atom is 0.330 e. The lowest BCUT2D eigenvalue weighted by Crippen LogP contribution is -2.57. The second kappa shape index (κ2) is 7.21. The first-order valence-electron chi connectivity index (χ1n) is 6.62. The third kappa shape index (κ3) is 3.68. The van der Waals surface area contributed by atoms with E-state index in [0.717, 1.165) is 4.88 Å². The van der Waals surface area contributed by atoms with E-state index in [9.17, 15) is 9.59 Å². The summed E-state index contributed by atoms with van der Waals surface area (Å²) >= 11 is 1.57. The predicted molar refractivity (Wildman–Crippen MR) is 78.4 cm³/mol. The number of piperazine rings is 1. The summed E-state index contributed by atoms with van der Waals surface area (Å²) in [6.07, 6.45) is 3.29. The zero-order valence-corrected chi connectivity index (χ0v) is 12.2. The lowest BCUT2D eigenvalue weighted by Gasteiger charge is -2.33. The van der Waals surface area contributed by atoms with Gasteiger partial charge in [0.25, 0.3) is 0 Å². The highest BCUT2D eigenvalue weighted by Gasteiger charge is 2.31.